The molecule has 0 saturated heterocycles. The van der Waals surface area contributed by atoms with Gasteiger partial charge >= 0.3 is 0 Å². The Morgan fingerprint density at radius 2 is 1.66 bits per heavy atom. The first-order valence-electron chi connectivity index (χ1n) is 9.60. The molecule has 144 valence electrons. The largest absolute Gasteiger partial charge is 0.325 e. The molecule has 0 fully saturated rings. The molecule has 0 atom stereocenters. The molecule has 0 bridgehead atoms. The third-order valence-corrected chi connectivity index (χ3v) is 5.79. The van der Waals surface area contributed by atoms with Gasteiger partial charge in [-0.15, -0.1) is 0 Å². The first-order chi connectivity index (χ1) is 14.2. The molecule has 4 aromatic rings. The van der Waals surface area contributed by atoms with Gasteiger partial charge in [0.1, 0.15) is 5.03 Å². The molecule has 0 unspecified atom stereocenters. The van der Waals surface area contributed by atoms with Crippen molar-refractivity contribution in [3.63, 3.8) is 0 Å². The standard InChI is InChI=1S/C25H22N2OS/c1-18-9-5-7-13-22(18)26-24(28)17-29-25-21(15-19-10-3-2-4-11-19)16-20-12-6-8-14-23(20)27-25/h2-14,16H,15,17H2,1H3,(H,26,28). The van der Waals surface area contributed by atoms with Crippen molar-refractivity contribution in [3.05, 3.63) is 102 Å². The van der Waals surface area contributed by atoms with Gasteiger partial charge < -0.3 is 5.32 Å². The zero-order valence-electron chi connectivity index (χ0n) is 16.3. The maximum Gasteiger partial charge on any atom is 0.234 e. The number of benzene rings is 3. The van der Waals surface area contributed by atoms with Crippen molar-refractivity contribution in [1.29, 1.82) is 0 Å². The number of nitrogens with zero attached hydrogens (tertiary/aromatic N) is 1. The van der Waals surface area contributed by atoms with Crippen LogP contribution in [0.5, 0.6) is 0 Å². The van der Waals surface area contributed by atoms with Gasteiger partial charge in [-0.05, 0) is 41.8 Å². The molecular formula is C25H22N2OS. The van der Waals surface area contributed by atoms with E-state index in [-0.39, 0.29) is 5.91 Å². The Balaban J connectivity index is 1.55. The zero-order chi connectivity index (χ0) is 20.1. The van der Waals surface area contributed by atoms with Gasteiger partial charge in [-0.3, -0.25) is 4.79 Å². The van der Waals surface area contributed by atoms with Crippen LogP contribution in [0.2, 0.25) is 0 Å². The number of rotatable bonds is 6. The molecule has 0 radical (unpaired) electrons. The van der Waals surface area contributed by atoms with Crippen LogP contribution in [0, 0.1) is 6.92 Å². The molecule has 3 nitrogen and oxygen atoms in total. The van der Waals surface area contributed by atoms with E-state index in [1.165, 1.54) is 17.3 Å². The fraction of sp³-hybridized carbons (Fsp3) is 0.120. The number of para-hydroxylation sites is 2. The number of carbonyl (C=O) groups is 1. The first-order valence-corrected chi connectivity index (χ1v) is 10.6. The van der Waals surface area contributed by atoms with E-state index in [1.54, 1.807) is 0 Å². The third kappa shape index (κ3) is 4.84. The van der Waals surface area contributed by atoms with Crippen LogP contribution in [0.4, 0.5) is 5.69 Å². The SMILES string of the molecule is Cc1ccccc1NC(=O)CSc1nc2ccccc2cc1Cc1ccccc1. The highest BCUT2D eigenvalue weighted by atomic mass is 32.2. The van der Waals surface area contributed by atoms with E-state index >= 15 is 0 Å². The first kappa shape index (κ1) is 19.2. The van der Waals surface area contributed by atoms with Crippen molar-refractivity contribution in [2.24, 2.45) is 0 Å². The summed E-state index contributed by atoms with van der Waals surface area (Å²) < 4.78 is 0. The number of hydrogen-bond acceptors (Lipinski definition) is 3. The molecule has 0 aliphatic rings. The average molecular weight is 399 g/mol. The number of hydrogen-bond donors (Lipinski definition) is 1. The van der Waals surface area contributed by atoms with Gasteiger partial charge in [-0.1, -0.05) is 78.5 Å². The van der Waals surface area contributed by atoms with Gasteiger partial charge in [0.25, 0.3) is 0 Å². The lowest BCUT2D eigenvalue weighted by Gasteiger charge is -2.12. The van der Waals surface area contributed by atoms with E-state index in [0.29, 0.717) is 5.75 Å². The number of aromatic nitrogens is 1. The van der Waals surface area contributed by atoms with Crippen molar-refractivity contribution >= 4 is 34.3 Å². The molecule has 1 amide bonds. The van der Waals surface area contributed by atoms with Gasteiger partial charge in [0.15, 0.2) is 0 Å². The van der Waals surface area contributed by atoms with Gasteiger partial charge in [0, 0.05) is 17.5 Å². The molecule has 0 aliphatic carbocycles. The Hall–Kier alpha value is -3.11. The van der Waals surface area contributed by atoms with Gasteiger partial charge in [0.2, 0.25) is 5.91 Å². The number of pyridine rings is 1. The predicted octanol–water partition coefficient (Wildman–Crippen LogP) is 5.86. The molecule has 0 spiro atoms. The fourth-order valence-electron chi connectivity index (χ4n) is 3.24. The summed E-state index contributed by atoms with van der Waals surface area (Å²) in [6, 6.07) is 28.5. The minimum atomic E-state index is -0.0232. The molecule has 0 aliphatic heterocycles. The number of aryl methyl sites for hydroxylation is 1. The number of anilines is 1. The van der Waals surface area contributed by atoms with E-state index in [0.717, 1.165) is 39.2 Å². The summed E-state index contributed by atoms with van der Waals surface area (Å²) in [5, 5.41) is 5.03. The summed E-state index contributed by atoms with van der Waals surface area (Å²) in [5.41, 5.74) is 5.24. The lowest BCUT2D eigenvalue weighted by molar-refractivity contribution is -0.113. The highest BCUT2D eigenvalue weighted by Gasteiger charge is 2.12. The van der Waals surface area contributed by atoms with Crippen LogP contribution in [0.25, 0.3) is 10.9 Å². The second-order valence-electron chi connectivity index (χ2n) is 6.96. The Morgan fingerprint density at radius 3 is 2.48 bits per heavy atom. The smallest absolute Gasteiger partial charge is 0.234 e. The summed E-state index contributed by atoms with van der Waals surface area (Å²) >= 11 is 1.49. The second-order valence-corrected chi connectivity index (χ2v) is 7.92. The summed E-state index contributed by atoms with van der Waals surface area (Å²) in [7, 11) is 0. The molecule has 1 N–H and O–H groups in total. The molecular weight excluding hydrogens is 376 g/mol. The molecule has 4 rings (SSSR count). The van der Waals surface area contributed by atoms with E-state index in [4.69, 9.17) is 4.98 Å². The molecule has 3 aromatic carbocycles. The normalized spacial score (nSPS) is 10.8. The Morgan fingerprint density at radius 1 is 0.931 bits per heavy atom. The third-order valence-electron chi connectivity index (χ3n) is 4.76. The number of nitrogens with one attached hydrogen (secondary N) is 1. The number of amides is 1. The molecule has 0 saturated carbocycles. The Kier molecular flexibility index (Phi) is 5.92. The van der Waals surface area contributed by atoms with Crippen LogP contribution < -0.4 is 5.32 Å². The van der Waals surface area contributed by atoms with Crippen molar-refractivity contribution in [3.8, 4) is 0 Å². The van der Waals surface area contributed by atoms with Crippen LogP contribution in [0.1, 0.15) is 16.7 Å². The molecule has 4 heteroatoms. The maximum absolute atomic E-state index is 12.5. The van der Waals surface area contributed by atoms with Gasteiger partial charge in [0.05, 0.1) is 11.3 Å². The lowest BCUT2D eigenvalue weighted by Crippen LogP contribution is -2.15. The summed E-state index contributed by atoms with van der Waals surface area (Å²) in [4.78, 5) is 17.4. The van der Waals surface area contributed by atoms with Crippen molar-refractivity contribution < 1.29 is 4.79 Å². The van der Waals surface area contributed by atoms with Gasteiger partial charge in [-0.25, -0.2) is 4.98 Å². The summed E-state index contributed by atoms with van der Waals surface area (Å²) in [5.74, 6) is 0.298. The Labute approximate surface area is 175 Å². The van der Waals surface area contributed by atoms with Crippen molar-refractivity contribution in [2.75, 3.05) is 11.1 Å². The van der Waals surface area contributed by atoms with Crippen LogP contribution in [-0.4, -0.2) is 16.6 Å². The zero-order valence-corrected chi connectivity index (χ0v) is 17.1. The highest BCUT2D eigenvalue weighted by molar-refractivity contribution is 8.00. The van der Waals surface area contributed by atoms with E-state index in [1.807, 2.05) is 67.6 Å². The minimum absolute atomic E-state index is 0.0232. The number of fused-ring (bicyclic) bond motifs is 1. The van der Waals surface area contributed by atoms with Gasteiger partial charge in [-0.2, -0.15) is 0 Å². The topological polar surface area (TPSA) is 42.0 Å². The van der Waals surface area contributed by atoms with Crippen LogP contribution in [-0.2, 0) is 11.2 Å². The van der Waals surface area contributed by atoms with E-state index in [2.05, 4.69) is 29.6 Å². The number of carbonyl (C=O) groups excluding carboxylic acids is 1. The van der Waals surface area contributed by atoms with Crippen molar-refractivity contribution in [2.45, 2.75) is 18.4 Å². The molecule has 29 heavy (non-hydrogen) atoms. The highest BCUT2D eigenvalue weighted by Crippen LogP contribution is 2.27. The maximum atomic E-state index is 12.5. The van der Waals surface area contributed by atoms with Crippen LogP contribution in [0.3, 0.4) is 0 Å². The van der Waals surface area contributed by atoms with Crippen molar-refractivity contribution in [1.82, 2.24) is 4.98 Å². The Bertz CT molecular complexity index is 1140. The van der Waals surface area contributed by atoms with E-state index < -0.39 is 0 Å². The predicted molar refractivity (Wildman–Crippen MR) is 122 cm³/mol. The average Bonchev–Trinajstić information content (AvgIpc) is 2.74. The van der Waals surface area contributed by atoms with E-state index in [9.17, 15) is 4.79 Å². The molecule has 1 aromatic heterocycles. The summed E-state index contributed by atoms with van der Waals surface area (Å²) in [6.07, 6.45) is 0.792. The minimum Gasteiger partial charge on any atom is -0.325 e. The molecule has 1 heterocycles. The fourth-order valence-corrected chi connectivity index (χ4v) is 4.06. The van der Waals surface area contributed by atoms with Crippen LogP contribution in [0.15, 0.2) is 90.0 Å². The number of thioether (sulfide) groups is 1. The second kappa shape index (κ2) is 8.93. The van der Waals surface area contributed by atoms with Crippen LogP contribution >= 0.6 is 11.8 Å². The summed E-state index contributed by atoms with van der Waals surface area (Å²) in [6.45, 7) is 1.99. The lowest BCUT2D eigenvalue weighted by atomic mass is 10.0. The monoisotopic (exact) mass is 398 g/mol. The quantitative estimate of drug-likeness (QED) is 0.413.